The molecule has 182 valence electrons. The Labute approximate surface area is 203 Å². The number of Topliss-reactive ketones (excluding diaryl/α,β-unsaturated/α-hetero) is 1. The van der Waals surface area contributed by atoms with Gasteiger partial charge in [-0.15, -0.1) is 5.10 Å². The number of hydrogen-bond donors (Lipinski definition) is 1. The maximum Gasteiger partial charge on any atom is 0.243 e. The van der Waals surface area contributed by atoms with Crippen molar-refractivity contribution in [3.63, 3.8) is 0 Å². The summed E-state index contributed by atoms with van der Waals surface area (Å²) >= 11 is 0. The molecule has 0 spiro atoms. The van der Waals surface area contributed by atoms with Crippen LogP contribution in [0.3, 0.4) is 0 Å². The molecule has 11 heteroatoms. The summed E-state index contributed by atoms with van der Waals surface area (Å²) in [5, 5.41) is 15.0. The average molecular weight is 495 g/mol. The van der Waals surface area contributed by atoms with Crippen molar-refractivity contribution < 1.29 is 18.0 Å². The molecule has 5 rings (SSSR count). The topological polar surface area (TPSA) is 127 Å². The number of sulfonamides is 1. The molecule has 0 unspecified atom stereocenters. The molecular weight excluding hydrogens is 468 g/mol. The van der Waals surface area contributed by atoms with Crippen LogP contribution in [0.4, 0.5) is 5.69 Å². The van der Waals surface area contributed by atoms with Gasteiger partial charge in [-0.25, -0.2) is 13.1 Å². The summed E-state index contributed by atoms with van der Waals surface area (Å²) in [5.74, 6) is 0.0477. The first-order chi connectivity index (χ1) is 16.8. The Kier molecular flexibility index (Phi) is 6.20. The van der Waals surface area contributed by atoms with Gasteiger partial charge in [-0.2, -0.15) is 4.31 Å². The monoisotopic (exact) mass is 494 g/mol. The number of carbonyl (C=O) groups is 2. The molecular formula is C24H26N6O4S. The van der Waals surface area contributed by atoms with E-state index in [-0.39, 0.29) is 35.6 Å². The highest BCUT2D eigenvalue weighted by atomic mass is 32.2. The molecule has 35 heavy (non-hydrogen) atoms. The number of carbonyl (C=O) groups excluding carboxylic acids is 2. The number of hydrogen-bond acceptors (Lipinski definition) is 7. The summed E-state index contributed by atoms with van der Waals surface area (Å²) in [7, 11) is -3.73. The largest absolute Gasteiger partial charge is 0.326 e. The van der Waals surface area contributed by atoms with E-state index in [0.29, 0.717) is 36.0 Å². The Morgan fingerprint density at radius 2 is 1.74 bits per heavy atom. The Hall–Kier alpha value is -3.44. The molecule has 1 aromatic heterocycles. The van der Waals surface area contributed by atoms with Gasteiger partial charge in [0.25, 0.3) is 0 Å². The molecule has 2 fully saturated rings. The number of nitrogens with one attached hydrogen (secondary N) is 1. The summed E-state index contributed by atoms with van der Waals surface area (Å²) in [6, 6.07) is 13.8. The minimum atomic E-state index is -3.73. The standard InChI is InChI=1S/C24H26N6O4S/c1-16(31)18-4-3-7-22(15-18)35(33,34)29-12-10-17(11-13-29)24(32)25-20-6-2-5-19(14-20)23-26-27-28-30(23)21-8-9-21/h2-7,14-15,17,21H,8-13H2,1H3,(H,25,32). The summed E-state index contributed by atoms with van der Waals surface area (Å²) in [4.78, 5) is 24.7. The van der Waals surface area contributed by atoms with Gasteiger partial charge in [0, 0.05) is 35.8 Å². The molecule has 1 saturated heterocycles. The van der Waals surface area contributed by atoms with E-state index in [1.807, 2.05) is 28.9 Å². The predicted octanol–water partition coefficient (Wildman–Crippen LogP) is 2.92. The number of tetrazole rings is 1. The number of aromatic nitrogens is 4. The molecule has 10 nitrogen and oxygen atoms in total. The van der Waals surface area contributed by atoms with Crippen LogP contribution in [0.1, 0.15) is 49.0 Å². The molecule has 0 atom stereocenters. The van der Waals surface area contributed by atoms with Crippen molar-refractivity contribution in [2.24, 2.45) is 5.92 Å². The maximum absolute atomic E-state index is 13.1. The van der Waals surface area contributed by atoms with Gasteiger partial charge in [-0.1, -0.05) is 24.3 Å². The van der Waals surface area contributed by atoms with E-state index in [1.165, 1.54) is 23.4 Å². The fourth-order valence-corrected chi connectivity index (χ4v) is 5.83. The van der Waals surface area contributed by atoms with E-state index in [9.17, 15) is 18.0 Å². The molecule has 1 aliphatic heterocycles. The second-order valence-corrected chi connectivity index (χ2v) is 10.9. The van der Waals surface area contributed by atoms with Gasteiger partial charge in [-0.3, -0.25) is 9.59 Å². The maximum atomic E-state index is 13.1. The SMILES string of the molecule is CC(=O)c1cccc(S(=O)(=O)N2CCC(C(=O)Nc3cccc(-c4nnnn4C4CC4)c3)CC2)c1. The molecule has 1 amide bonds. The fraction of sp³-hybridized carbons (Fsp3) is 0.375. The van der Waals surface area contributed by atoms with Crippen molar-refractivity contribution in [1.29, 1.82) is 0 Å². The van der Waals surface area contributed by atoms with E-state index in [4.69, 9.17) is 0 Å². The van der Waals surface area contributed by atoms with E-state index < -0.39 is 10.0 Å². The lowest BCUT2D eigenvalue weighted by molar-refractivity contribution is -0.120. The summed E-state index contributed by atoms with van der Waals surface area (Å²) in [5.41, 5.74) is 1.83. The van der Waals surface area contributed by atoms with Gasteiger partial charge in [0.1, 0.15) is 0 Å². The second kappa shape index (κ2) is 9.31. The normalized spacial score (nSPS) is 17.3. The van der Waals surface area contributed by atoms with Crippen LogP contribution in [-0.4, -0.2) is 57.7 Å². The predicted molar refractivity (Wildman–Crippen MR) is 128 cm³/mol. The number of nitrogens with zero attached hydrogens (tertiary/aromatic N) is 5. The molecule has 0 bridgehead atoms. The van der Waals surface area contributed by atoms with Crippen molar-refractivity contribution in [2.45, 2.75) is 43.5 Å². The van der Waals surface area contributed by atoms with E-state index in [0.717, 1.165) is 18.4 Å². The smallest absolute Gasteiger partial charge is 0.243 e. The first kappa shape index (κ1) is 23.3. The number of anilines is 1. The van der Waals surface area contributed by atoms with Crippen molar-refractivity contribution in [1.82, 2.24) is 24.5 Å². The van der Waals surface area contributed by atoms with E-state index in [2.05, 4.69) is 20.8 Å². The molecule has 2 heterocycles. The average Bonchev–Trinajstić information content (AvgIpc) is 3.60. The number of rotatable bonds is 7. The van der Waals surface area contributed by atoms with Crippen LogP contribution >= 0.6 is 0 Å². The van der Waals surface area contributed by atoms with Gasteiger partial charge in [0.2, 0.25) is 15.9 Å². The van der Waals surface area contributed by atoms with Crippen LogP contribution in [-0.2, 0) is 14.8 Å². The first-order valence-electron chi connectivity index (χ1n) is 11.6. The lowest BCUT2D eigenvalue weighted by Gasteiger charge is -2.30. The van der Waals surface area contributed by atoms with Gasteiger partial charge in [0.05, 0.1) is 10.9 Å². The molecule has 1 aliphatic carbocycles. The highest BCUT2D eigenvalue weighted by molar-refractivity contribution is 7.89. The van der Waals surface area contributed by atoms with Crippen LogP contribution < -0.4 is 5.32 Å². The Morgan fingerprint density at radius 3 is 2.46 bits per heavy atom. The van der Waals surface area contributed by atoms with E-state index >= 15 is 0 Å². The lowest BCUT2D eigenvalue weighted by Crippen LogP contribution is -2.41. The summed E-state index contributed by atoms with van der Waals surface area (Å²) < 4.78 is 29.3. The minimum absolute atomic E-state index is 0.0958. The van der Waals surface area contributed by atoms with Gasteiger partial charge >= 0.3 is 0 Å². The van der Waals surface area contributed by atoms with Crippen LogP contribution in [0.5, 0.6) is 0 Å². The van der Waals surface area contributed by atoms with Gasteiger partial charge in [-0.05, 0) is 67.3 Å². The number of ketones is 1. The number of piperidine rings is 1. The highest BCUT2D eigenvalue weighted by Gasteiger charge is 2.32. The van der Waals surface area contributed by atoms with Crippen LogP contribution in [0, 0.1) is 5.92 Å². The van der Waals surface area contributed by atoms with Crippen molar-refractivity contribution in [2.75, 3.05) is 18.4 Å². The van der Waals surface area contributed by atoms with Crippen LogP contribution in [0.2, 0.25) is 0 Å². The van der Waals surface area contributed by atoms with Gasteiger partial charge in [0.15, 0.2) is 11.6 Å². The minimum Gasteiger partial charge on any atom is -0.326 e. The fourth-order valence-electron chi connectivity index (χ4n) is 4.31. The highest BCUT2D eigenvalue weighted by Crippen LogP contribution is 2.37. The molecule has 2 aliphatic rings. The third-order valence-corrected chi connectivity index (χ3v) is 8.37. The zero-order valence-electron chi connectivity index (χ0n) is 19.3. The van der Waals surface area contributed by atoms with Crippen molar-refractivity contribution in [3.8, 4) is 11.4 Å². The molecule has 1 N–H and O–H groups in total. The molecule has 3 aromatic rings. The quantitative estimate of drug-likeness (QED) is 0.500. The molecule has 0 radical (unpaired) electrons. The van der Waals surface area contributed by atoms with Crippen molar-refractivity contribution in [3.05, 3.63) is 54.1 Å². The zero-order chi connectivity index (χ0) is 24.6. The summed E-state index contributed by atoms with van der Waals surface area (Å²) in [6.07, 6.45) is 2.95. The van der Waals surface area contributed by atoms with Crippen LogP contribution in [0.15, 0.2) is 53.4 Å². The van der Waals surface area contributed by atoms with Gasteiger partial charge < -0.3 is 5.32 Å². The Balaban J connectivity index is 1.23. The third-order valence-electron chi connectivity index (χ3n) is 6.48. The summed E-state index contributed by atoms with van der Waals surface area (Å²) in [6.45, 7) is 1.88. The number of amides is 1. The lowest BCUT2D eigenvalue weighted by atomic mass is 9.97. The Bertz CT molecular complexity index is 1370. The molecule has 2 aromatic carbocycles. The van der Waals surface area contributed by atoms with Crippen LogP contribution in [0.25, 0.3) is 11.4 Å². The molecule has 1 saturated carbocycles. The Morgan fingerprint density at radius 1 is 1.00 bits per heavy atom. The number of benzene rings is 2. The second-order valence-electron chi connectivity index (χ2n) is 9.01. The van der Waals surface area contributed by atoms with Crippen molar-refractivity contribution >= 4 is 27.4 Å². The third kappa shape index (κ3) is 4.87. The zero-order valence-corrected chi connectivity index (χ0v) is 20.1. The van der Waals surface area contributed by atoms with E-state index in [1.54, 1.807) is 12.1 Å². The first-order valence-corrected chi connectivity index (χ1v) is 13.1.